The molecule has 4 nitrogen and oxygen atoms in total. The van der Waals surface area contributed by atoms with Crippen LogP contribution in [0.1, 0.15) is 11.1 Å². The van der Waals surface area contributed by atoms with Crippen molar-refractivity contribution in [2.75, 3.05) is 13.7 Å². The predicted molar refractivity (Wildman–Crippen MR) is 91.7 cm³/mol. The Balaban J connectivity index is 1.60. The van der Waals surface area contributed by atoms with E-state index in [2.05, 4.69) is 10.3 Å². The van der Waals surface area contributed by atoms with Gasteiger partial charge in [-0.2, -0.15) is 0 Å². The van der Waals surface area contributed by atoms with Crippen LogP contribution in [0.2, 0.25) is 0 Å². The summed E-state index contributed by atoms with van der Waals surface area (Å²) in [6.07, 6.45) is 2.57. The normalized spacial score (nSPS) is 10.8. The van der Waals surface area contributed by atoms with Crippen molar-refractivity contribution in [2.45, 2.75) is 12.8 Å². The molecule has 3 rings (SSSR count). The summed E-state index contributed by atoms with van der Waals surface area (Å²) in [4.78, 5) is 15.3. The highest BCUT2D eigenvalue weighted by molar-refractivity contribution is 5.89. The lowest BCUT2D eigenvalue weighted by molar-refractivity contribution is -0.120. The summed E-state index contributed by atoms with van der Waals surface area (Å²) in [5.41, 5.74) is 2.48. The van der Waals surface area contributed by atoms with Gasteiger partial charge in [-0.25, -0.2) is 4.39 Å². The van der Waals surface area contributed by atoms with Crippen molar-refractivity contribution in [1.82, 2.24) is 10.3 Å². The predicted octanol–water partition coefficient (Wildman–Crippen LogP) is 3.22. The molecule has 0 radical (unpaired) electrons. The highest BCUT2D eigenvalue weighted by Crippen LogP contribution is 2.23. The van der Waals surface area contributed by atoms with Crippen molar-refractivity contribution in [3.8, 4) is 5.75 Å². The smallest absolute Gasteiger partial charge is 0.224 e. The lowest BCUT2D eigenvalue weighted by Gasteiger charge is -2.06. The van der Waals surface area contributed by atoms with Gasteiger partial charge in [0.15, 0.2) is 0 Å². The van der Waals surface area contributed by atoms with Gasteiger partial charge in [-0.15, -0.1) is 0 Å². The second-order valence-electron chi connectivity index (χ2n) is 5.59. The Kier molecular flexibility index (Phi) is 4.79. The van der Waals surface area contributed by atoms with E-state index in [9.17, 15) is 9.18 Å². The fourth-order valence-corrected chi connectivity index (χ4v) is 2.70. The number of carbonyl (C=O) groups is 1. The van der Waals surface area contributed by atoms with Crippen molar-refractivity contribution in [3.05, 3.63) is 65.6 Å². The van der Waals surface area contributed by atoms with E-state index in [1.54, 1.807) is 25.3 Å². The quantitative estimate of drug-likeness (QED) is 0.731. The topological polar surface area (TPSA) is 54.1 Å². The SMILES string of the molecule is COc1ccc2[nH]cc(CC(=O)NCCc3ccccc3F)c2c1. The Morgan fingerprint density at radius 1 is 1.21 bits per heavy atom. The average Bonchev–Trinajstić information content (AvgIpc) is 2.98. The summed E-state index contributed by atoms with van der Waals surface area (Å²) in [5, 5.41) is 3.81. The first-order valence-corrected chi connectivity index (χ1v) is 7.81. The summed E-state index contributed by atoms with van der Waals surface area (Å²) in [6, 6.07) is 12.3. The van der Waals surface area contributed by atoms with Crippen LogP contribution in [0, 0.1) is 5.82 Å². The zero-order valence-corrected chi connectivity index (χ0v) is 13.4. The van der Waals surface area contributed by atoms with Gasteiger partial charge in [0.25, 0.3) is 0 Å². The van der Waals surface area contributed by atoms with Gasteiger partial charge in [-0.05, 0) is 41.8 Å². The monoisotopic (exact) mass is 326 g/mol. The molecule has 2 N–H and O–H groups in total. The average molecular weight is 326 g/mol. The molecule has 0 bridgehead atoms. The van der Waals surface area contributed by atoms with Gasteiger partial charge in [0.05, 0.1) is 13.5 Å². The molecule has 24 heavy (non-hydrogen) atoms. The van der Waals surface area contributed by atoms with Crippen molar-refractivity contribution >= 4 is 16.8 Å². The molecule has 3 aromatic rings. The van der Waals surface area contributed by atoms with E-state index in [1.807, 2.05) is 24.4 Å². The number of aromatic nitrogens is 1. The van der Waals surface area contributed by atoms with Crippen molar-refractivity contribution in [3.63, 3.8) is 0 Å². The zero-order valence-electron chi connectivity index (χ0n) is 13.4. The van der Waals surface area contributed by atoms with Gasteiger partial charge in [-0.1, -0.05) is 18.2 Å². The first kappa shape index (κ1) is 16.1. The number of benzene rings is 2. The van der Waals surface area contributed by atoms with Gasteiger partial charge in [0.2, 0.25) is 5.91 Å². The number of hydrogen-bond acceptors (Lipinski definition) is 2. The molecule has 1 amide bonds. The lowest BCUT2D eigenvalue weighted by atomic mass is 10.1. The highest BCUT2D eigenvalue weighted by Gasteiger charge is 2.10. The first-order chi connectivity index (χ1) is 11.7. The summed E-state index contributed by atoms with van der Waals surface area (Å²) >= 11 is 0. The molecule has 1 heterocycles. The molecule has 0 unspecified atom stereocenters. The maximum Gasteiger partial charge on any atom is 0.224 e. The number of methoxy groups -OCH3 is 1. The molecule has 0 fully saturated rings. The van der Waals surface area contributed by atoms with Crippen LogP contribution in [0.5, 0.6) is 5.75 Å². The van der Waals surface area contributed by atoms with E-state index < -0.39 is 0 Å². The van der Waals surface area contributed by atoms with Crippen LogP contribution in [-0.4, -0.2) is 24.5 Å². The van der Waals surface area contributed by atoms with E-state index in [1.165, 1.54) is 6.07 Å². The Labute approximate surface area is 139 Å². The van der Waals surface area contributed by atoms with Gasteiger partial charge >= 0.3 is 0 Å². The first-order valence-electron chi connectivity index (χ1n) is 7.81. The van der Waals surface area contributed by atoms with Crippen LogP contribution in [0.25, 0.3) is 10.9 Å². The summed E-state index contributed by atoms with van der Waals surface area (Å²) in [7, 11) is 1.61. The van der Waals surface area contributed by atoms with Crippen LogP contribution >= 0.6 is 0 Å². The standard InChI is InChI=1S/C19H19FN2O2/c1-24-15-6-7-18-16(11-15)14(12-22-18)10-19(23)21-9-8-13-4-2-3-5-17(13)20/h2-7,11-12,22H,8-10H2,1H3,(H,21,23). The molecule has 0 aliphatic heterocycles. The zero-order chi connectivity index (χ0) is 16.9. The van der Waals surface area contributed by atoms with E-state index in [-0.39, 0.29) is 18.1 Å². The number of halogens is 1. The molecule has 0 saturated heterocycles. The van der Waals surface area contributed by atoms with E-state index in [0.717, 1.165) is 22.2 Å². The number of carbonyl (C=O) groups excluding carboxylic acids is 1. The van der Waals surface area contributed by atoms with Gasteiger partial charge in [0, 0.05) is 23.6 Å². The van der Waals surface area contributed by atoms with Crippen LogP contribution in [0.3, 0.4) is 0 Å². The Bertz CT molecular complexity index is 857. The molecule has 0 atom stereocenters. The lowest BCUT2D eigenvalue weighted by Crippen LogP contribution is -2.27. The van der Waals surface area contributed by atoms with Crippen LogP contribution < -0.4 is 10.1 Å². The number of hydrogen-bond donors (Lipinski definition) is 2. The van der Waals surface area contributed by atoms with E-state index >= 15 is 0 Å². The highest BCUT2D eigenvalue weighted by atomic mass is 19.1. The molecular weight excluding hydrogens is 307 g/mol. The Hall–Kier alpha value is -2.82. The van der Waals surface area contributed by atoms with E-state index in [4.69, 9.17) is 4.74 Å². The fraction of sp³-hybridized carbons (Fsp3) is 0.211. The maximum atomic E-state index is 13.5. The summed E-state index contributed by atoms with van der Waals surface area (Å²) in [6.45, 7) is 0.408. The van der Waals surface area contributed by atoms with Gasteiger partial charge in [0.1, 0.15) is 11.6 Å². The number of ether oxygens (including phenoxy) is 1. The Morgan fingerprint density at radius 3 is 2.83 bits per heavy atom. The molecule has 124 valence electrons. The third-order valence-corrected chi connectivity index (χ3v) is 4.00. The van der Waals surface area contributed by atoms with Crippen LogP contribution in [-0.2, 0) is 17.6 Å². The second kappa shape index (κ2) is 7.17. The molecule has 0 aliphatic rings. The Morgan fingerprint density at radius 2 is 2.04 bits per heavy atom. The number of amides is 1. The third kappa shape index (κ3) is 3.56. The molecule has 2 aromatic carbocycles. The minimum absolute atomic E-state index is 0.0879. The molecule has 0 spiro atoms. The van der Waals surface area contributed by atoms with E-state index in [0.29, 0.717) is 18.5 Å². The van der Waals surface area contributed by atoms with Crippen LogP contribution in [0.15, 0.2) is 48.7 Å². The largest absolute Gasteiger partial charge is 0.497 e. The van der Waals surface area contributed by atoms with Crippen molar-refractivity contribution in [2.24, 2.45) is 0 Å². The molecule has 1 aromatic heterocycles. The van der Waals surface area contributed by atoms with Gasteiger partial charge in [-0.3, -0.25) is 4.79 Å². The van der Waals surface area contributed by atoms with Crippen molar-refractivity contribution in [1.29, 1.82) is 0 Å². The molecular formula is C19H19FN2O2. The molecule has 0 saturated carbocycles. The number of fused-ring (bicyclic) bond motifs is 1. The van der Waals surface area contributed by atoms with Crippen molar-refractivity contribution < 1.29 is 13.9 Å². The second-order valence-corrected chi connectivity index (χ2v) is 5.59. The number of nitrogens with one attached hydrogen (secondary N) is 2. The number of rotatable bonds is 6. The minimum atomic E-state index is -0.240. The fourth-order valence-electron chi connectivity index (χ4n) is 2.70. The molecule has 0 aliphatic carbocycles. The maximum absolute atomic E-state index is 13.5. The van der Waals surface area contributed by atoms with Gasteiger partial charge < -0.3 is 15.0 Å². The summed E-state index contributed by atoms with van der Waals surface area (Å²) in [5.74, 6) is 0.425. The number of H-pyrrole nitrogens is 1. The van der Waals surface area contributed by atoms with Crippen LogP contribution in [0.4, 0.5) is 4.39 Å². The molecule has 5 heteroatoms. The summed E-state index contributed by atoms with van der Waals surface area (Å²) < 4.78 is 18.8. The number of aromatic amines is 1. The third-order valence-electron chi connectivity index (χ3n) is 4.00. The minimum Gasteiger partial charge on any atom is -0.497 e.